The van der Waals surface area contributed by atoms with Gasteiger partial charge in [0.15, 0.2) is 0 Å². The first-order valence-corrected chi connectivity index (χ1v) is 6.24. The highest BCUT2D eigenvalue weighted by molar-refractivity contribution is 5.79. The minimum atomic E-state index is -4.46. The Morgan fingerprint density at radius 2 is 1.95 bits per heavy atom. The van der Waals surface area contributed by atoms with E-state index in [1.54, 1.807) is 0 Å². The van der Waals surface area contributed by atoms with Gasteiger partial charge in [-0.15, -0.1) is 0 Å². The number of rotatable bonds is 5. The minimum absolute atomic E-state index is 0.00707. The molecule has 1 aromatic carbocycles. The predicted octanol–water partition coefficient (Wildman–Crippen LogP) is 2.43. The van der Waals surface area contributed by atoms with Crippen LogP contribution in [0.5, 0.6) is 0 Å². The summed E-state index contributed by atoms with van der Waals surface area (Å²) in [6, 6.07) is 4.53. The van der Waals surface area contributed by atoms with Crippen LogP contribution in [0.4, 0.5) is 13.2 Å². The van der Waals surface area contributed by atoms with Crippen LogP contribution in [-0.4, -0.2) is 35.5 Å². The molecule has 0 aliphatic heterocycles. The molecular weight excluding hydrogens is 287 g/mol. The zero-order valence-electron chi connectivity index (χ0n) is 11.6. The van der Waals surface area contributed by atoms with Crippen LogP contribution in [-0.2, 0) is 22.2 Å². The summed E-state index contributed by atoms with van der Waals surface area (Å²) in [6.45, 7) is 1.46. The van der Waals surface area contributed by atoms with E-state index >= 15 is 0 Å². The van der Waals surface area contributed by atoms with E-state index in [0.717, 1.165) is 12.1 Å². The zero-order chi connectivity index (χ0) is 16.2. The second kappa shape index (κ2) is 6.60. The Balaban J connectivity index is 2.73. The summed E-state index contributed by atoms with van der Waals surface area (Å²) in [5, 5.41) is 8.77. The molecule has 0 saturated heterocycles. The monoisotopic (exact) mass is 303 g/mol. The quantitative estimate of drug-likeness (QED) is 0.909. The number of likely N-dealkylation sites (N-methyl/N-ethyl adjacent to an activating group) is 1. The highest BCUT2D eigenvalue weighted by Gasteiger charge is 2.30. The van der Waals surface area contributed by atoms with Gasteiger partial charge in [-0.25, -0.2) is 0 Å². The number of nitrogens with zero attached hydrogens (tertiary/aromatic N) is 1. The molecule has 0 bridgehead atoms. The van der Waals surface area contributed by atoms with Gasteiger partial charge in [-0.1, -0.05) is 25.1 Å². The normalized spacial score (nSPS) is 12.8. The van der Waals surface area contributed by atoms with Gasteiger partial charge in [-0.3, -0.25) is 9.59 Å². The fourth-order valence-corrected chi connectivity index (χ4v) is 1.76. The molecule has 0 aliphatic rings. The average molecular weight is 303 g/mol. The first-order chi connectivity index (χ1) is 9.61. The second-order valence-electron chi connectivity index (χ2n) is 4.89. The van der Waals surface area contributed by atoms with Crippen molar-refractivity contribution < 1.29 is 27.9 Å². The van der Waals surface area contributed by atoms with Crippen molar-refractivity contribution in [2.45, 2.75) is 19.5 Å². The Labute approximate surface area is 120 Å². The first-order valence-electron chi connectivity index (χ1n) is 6.24. The van der Waals surface area contributed by atoms with Gasteiger partial charge in [0, 0.05) is 13.6 Å². The van der Waals surface area contributed by atoms with E-state index in [-0.39, 0.29) is 18.5 Å². The molecule has 0 spiro atoms. The Morgan fingerprint density at radius 1 is 1.33 bits per heavy atom. The predicted molar refractivity (Wildman–Crippen MR) is 69.6 cm³/mol. The van der Waals surface area contributed by atoms with Gasteiger partial charge in [-0.2, -0.15) is 13.2 Å². The summed E-state index contributed by atoms with van der Waals surface area (Å²) >= 11 is 0. The van der Waals surface area contributed by atoms with Crippen LogP contribution in [0.2, 0.25) is 0 Å². The van der Waals surface area contributed by atoms with E-state index in [9.17, 15) is 22.8 Å². The Morgan fingerprint density at radius 3 is 2.48 bits per heavy atom. The van der Waals surface area contributed by atoms with Crippen molar-refractivity contribution in [2.24, 2.45) is 5.92 Å². The van der Waals surface area contributed by atoms with Crippen molar-refractivity contribution in [1.82, 2.24) is 4.90 Å². The van der Waals surface area contributed by atoms with E-state index < -0.39 is 29.5 Å². The largest absolute Gasteiger partial charge is 0.481 e. The van der Waals surface area contributed by atoms with Crippen molar-refractivity contribution in [1.29, 1.82) is 0 Å². The van der Waals surface area contributed by atoms with Crippen molar-refractivity contribution in [2.75, 3.05) is 13.6 Å². The third-order valence-corrected chi connectivity index (χ3v) is 3.00. The van der Waals surface area contributed by atoms with Crippen LogP contribution < -0.4 is 0 Å². The maximum Gasteiger partial charge on any atom is 0.416 e. The van der Waals surface area contributed by atoms with Crippen LogP contribution in [0.1, 0.15) is 18.1 Å². The molecule has 116 valence electrons. The van der Waals surface area contributed by atoms with E-state index in [1.165, 1.54) is 31.0 Å². The van der Waals surface area contributed by atoms with Crippen LogP contribution in [0.15, 0.2) is 24.3 Å². The highest BCUT2D eigenvalue weighted by atomic mass is 19.4. The number of alkyl halides is 3. The number of carbonyl (C=O) groups excluding carboxylic acids is 1. The van der Waals surface area contributed by atoms with Gasteiger partial charge in [-0.05, 0) is 11.6 Å². The Kier molecular flexibility index (Phi) is 5.34. The molecule has 1 atom stereocenters. The van der Waals surface area contributed by atoms with E-state index in [4.69, 9.17) is 5.11 Å². The molecule has 0 aromatic heterocycles. The molecule has 21 heavy (non-hydrogen) atoms. The third kappa shape index (κ3) is 5.09. The molecule has 0 heterocycles. The minimum Gasteiger partial charge on any atom is -0.481 e. The number of hydrogen-bond acceptors (Lipinski definition) is 2. The molecule has 1 N–H and O–H groups in total. The third-order valence-electron chi connectivity index (χ3n) is 3.00. The molecule has 1 amide bonds. The lowest BCUT2D eigenvalue weighted by molar-refractivity contribution is -0.143. The maximum atomic E-state index is 12.6. The van der Waals surface area contributed by atoms with Crippen molar-refractivity contribution in [3.63, 3.8) is 0 Å². The molecule has 1 rings (SSSR count). The molecule has 0 fully saturated rings. The van der Waals surface area contributed by atoms with Crippen LogP contribution >= 0.6 is 0 Å². The van der Waals surface area contributed by atoms with Gasteiger partial charge in [0.2, 0.25) is 5.91 Å². The number of aliphatic carboxylic acids is 1. The average Bonchev–Trinajstić information content (AvgIpc) is 2.37. The smallest absolute Gasteiger partial charge is 0.416 e. The topological polar surface area (TPSA) is 57.6 Å². The van der Waals surface area contributed by atoms with Crippen LogP contribution in [0, 0.1) is 5.92 Å². The summed E-state index contributed by atoms with van der Waals surface area (Å²) in [7, 11) is 1.43. The van der Waals surface area contributed by atoms with Gasteiger partial charge in [0.25, 0.3) is 0 Å². The van der Waals surface area contributed by atoms with E-state index in [2.05, 4.69) is 0 Å². The summed E-state index contributed by atoms with van der Waals surface area (Å²) in [6.07, 6.45) is -4.66. The van der Waals surface area contributed by atoms with Crippen LogP contribution in [0.3, 0.4) is 0 Å². The SMILES string of the molecule is CC(CN(C)C(=O)Cc1cccc(C(F)(F)F)c1)C(=O)O. The molecule has 0 saturated carbocycles. The standard InChI is InChI=1S/C14H16F3NO3/c1-9(13(20)21)8-18(2)12(19)7-10-4-3-5-11(6-10)14(15,16)17/h3-6,9H,7-8H2,1-2H3,(H,20,21). The lowest BCUT2D eigenvalue weighted by Crippen LogP contribution is -2.34. The summed E-state index contributed by atoms with van der Waals surface area (Å²) in [5.41, 5.74) is -0.570. The number of carbonyl (C=O) groups is 2. The Bertz CT molecular complexity index is 528. The Hall–Kier alpha value is -2.05. The summed E-state index contributed by atoms with van der Waals surface area (Å²) in [5.74, 6) is -2.20. The maximum absolute atomic E-state index is 12.6. The van der Waals surface area contributed by atoms with E-state index in [0.29, 0.717) is 0 Å². The number of benzene rings is 1. The highest BCUT2D eigenvalue weighted by Crippen LogP contribution is 2.29. The number of hydrogen-bond donors (Lipinski definition) is 1. The number of carboxylic acids is 1. The lowest BCUT2D eigenvalue weighted by Gasteiger charge is -2.19. The number of halogens is 3. The zero-order valence-corrected chi connectivity index (χ0v) is 11.6. The molecule has 0 radical (unpaired) electrons. The number of carboxylic acid groups (broad SMARTS) is 1. The summed E-state index contributed by atoms with van der Waals surface area (Å²) < 4.78 is 37.7. The van der Waals surface area contributed by atoms with Crippen LogP contribution in [0.25, 0.3) is 0 Å². The molecule has 4 nitrogen and oxygen atoms in total. The molecule has 7 heteroatoms. The molecule has 1 unspecified atom stereocenters. The van der Waals surface area contributed by atoms with Gasteiger partial charge in [0.05, 0.1) is 17.9 Å². The van der Waals surface area contributed by atoms with Gasteiger partial charge in [0.1, 0.15) is 0 Å². The van der Waals surface area contributed by atoms with Crippen molar-refractivity contribution in [3.05, 3.63) is 35.4 Å². The molecule has 1 aromatic rings. The van der Waals surface area contributed by atoms with Crippen molar-refractivity contribution in [3.8, 4) is 0 Å². The molecular formula is C14H16F3NO3. The second-order valence-corrected chi connectivity index (χ2v) is 4.89. The van der Waals surface area contributed by atoms with E-state index in [1.807, 2.05) is 0 Å². The fraction of sp³-hybridized carbons (Fsp3) is 0.429. The fourth-order valence-electron chi connectivity index (χ4n) is 1.76. The summed E-state index contributed by atoms with van der Waals surface area (Å²) in [4.78, 5) is 23.8. The van der Waals surface area contributed by atoms with Gasteiger partial charge < -0.3 is 10.0 Å². The molecule has 0 aliphatic carbocycles. The van der Waals surface area contributed by atoms with Crippen molar-refractivity contribution >= 4 is 11.9 Å². The first kappa shape index (κ1) is 17.0. The number of amides is 1. The van der Waals surface area contributed by atoms with Gasteiger partial charge >= 0.3 is 12.1 Å². The lowest BCUT2D eigenvalue weighted by atomic mass is 10.1.